The number of methoxy groups -OCH3 is 3. The Labute approximate surface area is 204 Å². The van der Waals surface area contributed by atoms with Gasteiger partial charge < -0.3 is 19.2 Å². The molecule has 8 heteroatoms. The molecule has 0 aliphatic rings. The number of rotatable bonds is 6. The third kappa shape index (κ3) is 5.24. The van der Waals surface area contributed by atoms with E-state index < -0.39 is 0 Å². The summed E-state index contributed by atoms with van der Waals surface area (Å²) in [6.07, 6.45) is 0.394. The molecule has 0 radical (unpaired) electrons. The molecule has 33 heavy (non-hydrogen) atoms. The summed E-state index contributed by atoms with van der Waals surface area (Å²) in [7, 11) is 4.82. The Morgan fingerprint density at radius 2 is 1.48 bits per heavy atom. The van der Waals surface area contributed by atoms with Crippen LogP contribution in [-0.2, 0) is 6.42 Å². The summed E-state index contributed by atoms with van der Waals surface area (Å²) in [5, 5.41) is 1.74. The highest BCUT2D eigenvalue weighted by Gasteiger charge is 2.15. The highest BCUT2D eigenvalue weighted by atomic mass is 35.5. The van der Waals surface area contributed by atoms with Crippen LogP contribution in [0.25, 0.3) is 22.0 Å². The molecule has 2 aromatic carbocycles. The molecular weight excluding hydrogens is 463 g/mol. The summed E-state index contributed by atoms with van der Waals surface area (Å²) in [6, 6.07) is 17.3. The van der Waals surface area contributed by atoms with E-state index in [-0.39, 0.29) is 30.4 Å². The van der Waals surface area contributed by atoms with Gasteiger partial charge in [0.15, 0.2) is 11.5 Å². The lowest BCUT2D eigenvalue weighted by Crippen LogP contribution is -2.15. The number of H-pyrrole nitrogens is 1. The highest BCUT2D eigenvalue weighted by Crippen LogP contribution is 2.34. The number of ether oxygens (including phenoxy) is 3. The largest absolute Gasteiger partial charge is 0.497 e. The van der Waals surface area contributed by atoms with E-state index in [4.69, 9.17) is 19.2 Å². The fourth-order valence-electron chi connectivity index (χ4n) is 3.73. The fraction of sp³-hybridized carbons (Fsp3) is 0.200. The van der Waals surface area contributed by atoms with Gasteiger partial charge in [0.1, 0.15) is 5.75 Å². The number of hydrogen-bond donors (Lipinski definition) is 1. The first-order chi connectivity index (χ1) is 15.0. The maximum absolute atomic E-state index is 12.9. The SMILES string of the molecule is COc1ccc(-c2cccc(Cc3c(=O)[nH]c(C)c4cc(OC)c(OC)cc34)n2)cc1.Cl.Cl. The van der Waals surface area contributed by atoms with E-state index >= 15 is 0 Å². The third-order valence-electron chi connectivity index (χ3n) is 5.38. The van der Waals surface area contributed by atoms with Crippen molar-refractivity contribution in [2.45, 2.75) is 13.3 Å². The van der Waals surface area contributed by atoms with Gasteiger partial charge in [-0.05, 0) is 60.8 Å². The topological polar surface area (TPSA) is 73.4 Å². The summed E-state index contributed by atoms with van der Waals surface area (Å²) in [5.41, 5.74) is 3.92. The van der Waals surface area contributed by atoms with Gasteiger partial charge in [-0.15, -0.1) is 24.8 Å². The number of hydrogen-bond acceptors (Lipinski definition) is 5. The average molecular weight is 489 g/mol. The predicted octanol–water partition coefficient (Wildman–Crippen LogP) is 5.36. The highest BCUT2D eigenvalue weighted by molar-refractivity contribution is 5.90. The van der Waals surface area contributed by atoms with Crippen LogP contribution in [-0.4, -0.2) is 31.3 Å². The fourth-order valence-corrected chi connectivity index (χ4v) is 3.73. The minimum Gasteiger partial charge on any atom is -0.497 e. The van der Waals surface area contributed by atoms with Gasteiger partial charge in [0.2, 0.25) is 0 Å². The molecule has 174 valence electrons. The van der Waals surface area contributed by atoms with Crippen molar-refractivity contribution >= 4 is 35.6 Å². The lowest BCUT2D eigenvalue weighted by molar-refractivity contribution is 0.356. The second-order valence-corrected chi connectivity index (χ2v) is 7.23. The van der Waals surface area contributed by atoms with Crippen LogP contribution in [0.4, 0.5) is 0 Å². The molecule has 0 saturated heterocycles. The van der Waals surface area contributed by atoms with E-state index in [0.717, 1.165) is 39.2 Å². The molecule has 1 N–H and O–H groups in total. The molecule has 0 saturated carbocycles. The monoisotopic (exact) mass is 488 g/mol. The van der Waals surface area contributed by atoms with Crippen LogP contribution in [0.15, 0.2) is 59.4 Å². The van der Waals surface area contributed by atoms with Crippen LogP contribution < -0.4 is 19.8 Å². The number of benzene rings is 2. The van der Waals surface area contributed by atoms with Crippen LogP contribution in [0.2, 0.25) is 0 Å². The molecule has 4 rings (SSSR count). The second-order valence-electron chi connectivity index (χ2n) is 7.23. The number of aromatic amines is 1. The number of aryl methyl sites for hydroxylation is 1. The Bertz CT molecular complexity index is 1300. The zero-order valence-corrected chi connectivity index (χ0v) is 20.4. The first-order valence-corrected chi connectivity index (χ1v) is 9.92. The van der Waals surface area contributed by atoms with E-state index in [1.54, 1.807) is 21.3 Å². The summed E-state index contributed by atoms with van der Waals surface area (Å²) in [6.45, 7) is 1.88. The molecule has 2 aromatic heterocycles. The summed E-state index contributed by atoms with van der Waals surface area (Å²) in [5.74, 6) is 2.00. The Morgan fingerprint density at radius 1 is 0.848 bits per heavy atom. The van der Waals surface area contributed by atoms with Crippen molar-refractivity contribution in [3.05, 3.63) is 81.9 Å². The number of nitrogens with one attached hydrogen (secondary N) is 1. The Morgan fingerprint density at radius 3 is 2.09 bits per heavy atom. The molecule has 4 aromatic rings. The van der Waals surface area contributed by atoms with E-state index in [1.807, 2.05) is 61.5 Å². The van der Waals surface area contributed by atoms with Gasteiger partial charge in [0, 0.05) is 34.3 Å². The maximum atomic E-state index is 12.9. The zero-order chi connectivity index (χ0) is 22.0. The molecule has 0 aliphatic heterocycles. The number of fused-ring (bicyclic) bond motifs is 1. The molecule has 0 unspecified atom stereocenters. The van der Waals surface area contributed by atoms with E-state index in [1.165, 1.54) is 0 Å². The normalized spacial score (nSPS) is 10.2. The standard InChI is InChI=1S/C25H24N2O4.2ClH/c1-15-19-13-23(30-3)24(31-4)14-20(19)21(25(28)26-15)12-17-6-5-7-22(27-17)16-8-10-18(29-2)11-9-16;;/h5-11,13-14H,12H2,1-4H3,(H,26,28);2*1H. The summed E-state index contributed by atoms with van der Waals surface area (Å²) < 4.78 is 16.1. The quantitative estimate of drug-likeness (QED) is 0.395. The Balaban J connectivity index is 0.00000193. The smallest absolute Gasteiger partial charge is 0.252 e. The van der Waals surface area contributed by atoms with Gasteiger partial charge >= 0.3 is 0 Å². The number of nitrogens with zero attached hydrogens (tertiary/aromatic N) is 1. The van der Waals surface area contributed by atoms with Crippen molar-refractivity contribution in [3.63, 3.8) is 0 Å². The molecule has 0 spiro atoms. The van der Waals surface area contributed by atoms with Crippen LogP contribution in [0.1, 0.15) is 17.0 Å². The third-order valence-corrected chi connectivity index (χ3v) is 5.38. The minimum atomic E-state index is -0.131. The molecule has 0 aliphatic carbocycles. The van der Waals surface area contributed by atoms with Gasteiger partial charge in [-0.3, -0.25) is 9.78 Å². The summed E-state index contributed by atoms with van der Waals surface area (Å²) >= 11 is 0. The van der Waals surface area contributed by atoms with Crippen molar-refractivity contribution < 1.29 is 14.2 Å². The Kier molecular flexibility index (Phi) is 8.74. The molecule has 0 amide bonds. The van der Waals surface area contributed by atoms with Gasteiger partial charge in [-0.1, -0.05) is 6.07 Å². The van der Waals surface area contributed by atoms with Crippen LogP contribution in [0.5, 0.6) is 17.2 Å². The molecule has 6 nitrogen and oxygen atoms in total. The molecule has 0 bridgehead atoms. The lowest BCUT2D eigenvalue weighted by Gasteiger charge is -2.13. The zero-order valence-electron chi connectivity index (χ0n) is 18.8. The van der Waals surface area contributed by atoms with Gasteiger partial charge in [-0.2, -0.15) is 0 Å². The second kappa shape index (κ2) is 11.1. The summed E-state index contributed by atoms with van der Waals surface area (Å²) in [4.78, 5) is 20.6. The maximum Gasteiger partial charge on any atom is 0.252 e. The minimum absolute atomic E-state index is 0. The van der Waals surface area contributed by atoms with Gasteiger partial charge in [0.25, 0.3) is 5.56 Å². The number of aromatic nitrogens is 2. The van der Waals surface area contributed by atoms with Crippen molar-refractivity contribution in [2.75, 3.05) is 21.3 Å². The van der Waals surface area contributed by atoms with Crippen LogP contribution >= 0.6 is 24.8 Å². The van der Waals surface area contributed by atoms with E-state index in [0.29, 0.717) is 23.5 Å². The van der Waals surface area contributed by atoms with Crippen LogP contribution in [0, 0.1) is 6.92 Å². The molecule has 0 fully saturated rings. The molecule has 0 atom stereocenters. The first-order valence-electron chi connectivity index (χ1n) is 9.92. The van der Waals surface area contributed by atoms with Crippen LogP contribution in [0.3, 0.4) is 0 Å². The number of halogens is 2. The number of pyridine rings is 2. The first kappa shape index (κ1) is 26.0. The molecule has 2 heterocycles. The Hall–Kier alpha value is -3.22. The van der Waals surface area contributed by atoms with E-state index in [2.05, 4.69) is 4.98 Å². The predicted molar refractivity (Wildman–Crippen MR) is 136 cm³/mol. The van der Waals surface area contributed by atoms with E-state index in [9.17, 15) is 4.79 Å². The lowest BCUT2D eigenvalue weighted by atomic mass is 10.00. The van der Waals surface area contributed by atoms with Crippen molar-refractivity contribution in [1.29, 1.82) is 0 Å². The average Bonchev–Trinajstić information content (AvgIpc) is 2.81. The van der Waals surface area contributed by atoms with Gasteiger partial charge in [0.05, 0.1) is 27.0 Å². The van der Waals surface area contributed by atoms with Crippen molar-refractivity contribution in [2.24, 2.45) is 0 Å². The van der Waals surface area contributed by atoms with Gasteiger partial charge in [-0.25, -0.2) is 0 Å². The molecular formula is C25H26Cl2N2O4. The van der Waals surface area contributed by atoms with Crippen molar-refractivity contribution in [1.82, 2.24) is 9.97 Å². The van der Waals surface area contributed by atoms with Crippen molar-refractivity contribution in [3.8, 4) is 28.5 Å².